The Labute approximate surface area is 126 Å². The van der Waals surface area contributed by atoms with E-state index in [4.69, 9.17) is 9.47 Å². The van der Waals surface area contributed by atoms with Gasteiger partial charge in [0.1, 0.15) is 18.0 Å². The van der Waals surface area contributed by atoms with Gasteiger partial charge in [-0.25, -0.2) is 9.97 Å². The monoisotopic (exact) mass is 311 g/mol. The van der Waals surface area contributed by atoms with Gasteiger partial charge in [0.15, 0.2) is 5.82 Å². The molecule has 0 saturated heterocycles. The number of carbonyl (C=O) groups is 2. The third-order valence-electron chi connectivity index (χ3n) is 2.29. The number of aromatic nitrogens is 2. The van der Waals surface area contributed by atoms with Crippen LogP contribution in [0.4, 0.5) is 5.69 Å². The Bertz CT molecular complexity index is 564. The zero-order valence-electron chi connectivity index (χ0n) is 12.7. The summed E-state index contributed by atoms with van der Waals surface area (Å²) in [6.45, 7) is 6.57. The second kappa shape index (κ2) is 6.92. The zero-order valence-corrected chi connectivity index (χ0v) is 12.7. The van der Waals surface area contributed by atoms with Gasteiger partial charge in [-0.15, -0.1) is 0 Å². The van der Waals surface area contributed by atoms with Crippen molar-refractivity contribution in [1.82, 2.24) is 9.97 Å². The Kier molecular flexibility index (Phi) is 5.50. The normalized spacial score (nSPS) is 12.4. The lowest BCUT2D eigenvalue weighted by Crippen LogP contribution is -2.33. The number of esters is 2. The van der Waals surface area contributed by atoms with E-state index in [1.807, 2.05) is 0 Å². The highest BCUT2D eigenvalue weighted by molar-refractivity contribution is 6.00. The van der Waals surface area contributed by atoms with E-state index in [1.165, 1.54) is 0 Å². The number of hydrogen-bond acceptors (Lipinski definition) is 8. The molecule has 9 heteroatoms. The molecule has 0 aliphatic carbocycles. The van der Waals surface area contributed by atoms with Crippen molar-refractivity contribution in [2.45, 2.75) is 39.2 Å². The van der Waals surface area contributed by atoms with E-state index in [-0.39, 0.29) is 18.1 Å². The lowest BCUT2D eigenvalue weighted by Gasteiger charge is -2.22. The van der Waals surface area contributed by atoms with Gasteiger partial charge in [-0.2, -0.15) is 0 Å². The summed E-state index contributed by atoms with van der Waals surface area (Å²) in [6, 6.07) is 0. The first-order valence-corrected chi connectivity index (χ1v) is 6.51. The Morgan fingerprint density at radius 1 is 1.27 bits per heavy atom. The van der Waals surface area contributed by atoms with Crippen LogP contribution in [0, 0.1) is 10.1 Å². The molecule has 0 saturated carbocycles. The van der Waals surface area contributed by atoms with Crippen LogP contribution in [-0.2, 0) is 19.1 Å². The smallest absolute Gasteiger partial charge is 0.328 e. The third-order valence-corrected chi connectivity index (χ3v) is 2.29. The number of ether oxygens (including phenoxy) is 2. The second-order valence-corrected chi connectivity index (χ2v) is 5.28. The molecule has 0 radical (unpaired) electrons. The maximum atomic E-state index is 12.2. The van der Waals surface area contributed by atoms with Gasteiger partial charge in [-0.05, 0) is 27.7 Å². The molecule has 0 aromatic carbocycles. The van der Waals surface area contributed by atoms with Crippen LogP contribution in [0.25, 0.3) is 0 Å². The summed E-state index contributed by atoms with van der Waals surface area (Å²) >= 11 is 0. The summed E-state index contributed by atoms with van der Waals surface area (Å²) in [7, 11) is 0. The van der Waals surface area contributed by atoms with Crippen LogP contribution in [0.1, 0.15) is 39.4 Å². The van der Waals surface area contributed by atoms with Gasteiger partial charge in [0.2, 0.25) is 5.92 Å². The highest BCUT2D eigenvalue weighted by atomic mass is 16.6. The van der Waals surface area contributed by atoms with Gasteiger partial charge in [0.25, 0.3) is 0 Å². The molecule has 1 heterocycles. The van der Waals surface area contributed by atoms with Crippen molar-refractivity contribution in [1.29, 1.82) is 0 Å². The van der Waals surface area contributed by atoms with E-state index in [1.54, 1.807) is 27.7 Å². The van der Waals surface area contributed by atoms with Crippen LogP contribution < -0.4 is 0 Å². The molecule has 0 bridgehead atoms. The van der Waals surface area contributed by atoms with E-state index >= 15 is 0 Å². The van der Waals surface area contributed by atoms with Crippen molar-refractivity contribution in [2.75, 3.05) is 6.61 Å². The van der Waals surface area contributed by atoms with Gasteiger partial charge < -0.3 is 9.47 Å². The summed E-state index contributed by atoms with van der Waals surface area (Å²) in [5.41, 5.74) is -1.17. The molecule has 0 aliphatic heterocycles. The number of rotatable bonds is 5. The van der Waals surface area contributed by atoms with Gasteiger partial charge in [-0.1, -0.05) is 0 Å². The van der Waals surface area contributed by atoms with Crippen LogP contribution in [0.2, 0.25) is 0 Å². The summed E-state index contributed by atoms with van der Waals surface area (Å²) in [4.78, 5) is 41.4. The molecule has 1 aromatic heterocycles. The average Bonchev–Trinajstić information content (AvgIpc) is 2.37. The van der Waals surface area contributed by atoms with E-state index in [2.05, 4.69) is 9.97 Å². The summed E-state index contributed by atoms with van der Waals surface area (Å²) in [5.74, 6) is -3.44. The maximum Gasteiger partial charge on any atom is 0.328 e. The van der Waals surface area contributed by atoms with Gasteiger partial charge in [0.05, 0.1) is 11.5 Å². The van der Waals surface area contributed by atoms with Crippen molar-refractivity contribution in [3.8, 4) is 0 Å². The van der Waals surface area contributed by atoms with Crippen LogP contribution in [0.15, 0.2) is 12.4 Å². The number of nitro groups is 1. The van der Waals surface area contributed by atoms with Crippen molar-refractivity contribution in [2.24, 2.45) is 0 Å². The van der Waals surface area contributed by atoms with Crippen molar-refractivity contribution < 1.29 is 24.0 Å². The van der Waals surface area contributed by atoms with E-state index < -0.39 is 28.4 Å². The van der Waals surface area contributed by atoms with E-state index in [0.717, 1.165) is 12.4 Å². The first-order valence-electron chi connectivity index (χ1n) is 6.51. The average molecular weight is 311 g/mol. The zero-order chi connectivity index (χ0) is 16.9. The Hall–Kier alpha value is -2.58. The Morgan fingerprint density at radius 3 is 2.23 bits per heavy atom. The predicted molar refractivity (Wildman–Crippen MR) is 73.9 cm³/mol. The van der Waals surface area contributed by atoms with Crippen molar-refractivity contribution >= 4 is 17.6 Å². The minimum atomic E-state index is -1.49. The van der Waals surface area contributed by atoms with Crippen molar-refractivity contribution in [3.63, 3.8) is 0 Å². The van der Waals surface area contributed by atoms with Crippen LogP contribution in [-0.4, -0.2) is 39.0 Å². The molecule has 0 fully saturated rings. The highest BCUT2D eigenvalue weighted by Crippen LogP contribution is 2.20. The molecule has 22 heavy (non-hydrogen) atoms. The molecular formula is C13H17N3O6. The number of carbonyl (C=O) groups excluding carboxylic acids is 2. The Morgan fingerprint density at radius 2 is 1.82 bits per heavy atom. The molecule has 0 aliphatic rings. The standard InChI is InChI=1S/C13H17N3O6/c1-5-21-11(17)9(12(18)22-13(2,3)4)10-14-6-8(7-15-10)16(19)20/h6-7,9H,5H2,1-4H3. The summed E-state index contributed by atoms with van der Waals surface area (Å²) in [5, 5.41) is 10.6. The first-order chi connectivity index (χ1) is 10.2. The minimum absolute atomic E-state index is 0.0606. The summed E-state index contributed by atoms with van der Waals surface area (Å²) in [6.07, 6.45) is 1.83. The molecule has 0 spiro atoms. The SMILES string of the molecule is CCOC(=O)C(C(=O)OC(C)(C)C)c1ncc([N+](=O)[O-])cn1. The molecule has 120 valence electrons. The highest BCUT2D eigenvalue weighted by Gasteiger charge is 2.36. The first kappa shape index (κ1) is 17.5. The van der Waals surface area contributed by atoms with Crippen LogP contribution in [0.5, 0.6) is 0 Å². The molecule has 0 amide bonds. The fraction of sp³-hybridized carbons (Fsp3) is 0.538. The summed E-state index contributed by atoms with van der Waals surface area (Å²) < 4.78 is 9.96. The number of hydrogen-bond donors (Lipinski definition) is 0. The van der Waals surface area contributed by atoms with Crippen LogP contribution >= 0.6 is 0 Å². The Balaban J connectivity index is 3.12. The van der Waals surface area contributed by atoms with E-state index in [9.17, 15) is 19.7 Å². The maximum absolute atomic E-state index is 12.2. The molecule has 1 aromatic rings. The van der Waals surface area contributed by atoms with Crippen LogP contribution in [0.3, 0.4) is 0 Å². The molecular weight excluding hydrogens is 294 g/mol. The minimum Gasteiger partial charge on any atom is -0.465 e. The lowest BCUT2D eigenvalue weighted by molar-refractivity contribution is -0.385. The number of nitrogens with zero attached hydrogens (tertiary/aromatic N) is 3. The van der Waals surface area contributed by atoms with Gasteiger partial charge in [0, 0.05) is 0 Å². The largest absolute Gasteiger partial charge is 0.465 e. The quantitative estimate of drug-likeness (QED) is 0.346. The lowest BCUT2D eigenvalue weighted by atomic mass is 10.1. The fourth-order valence-electron chi connectivity index (χ4n) is 1.47. The van der Waals surface area contributed by atoms with Crippen molar-refractivity contribution in [3.05, 3.63) is 28.3 Å². The van der Waals surface area contributed by atoms with Gasteiger partial charge in [-0.3, -0.25) is 19.7 Å². The second-order valence-electron chi connectivity index (χ2n) is 5.28. The van der Waals surface area contributed by atoms with E-state index in [0.29, 0.717) is 0 Å². The molecule has 1 atom stereocenters. The topological polar surface area (TPSA) is 122 Å². The third kappa shape index (κ3) is 4.76. The van der Waals surface area contributed by atoms with Gasteiger partial charge >= 0.3 is 17.6 Å². The molecule has 0 N–H and O–H groups in total. The fourth-order valence-corrected chi connectivity index (χ4v) is 1.47. The molecule has 1 unspecified atom stereocenters. The molecule has 9 nitrogen and oxygen atoms in total. The predicted octanol–water partition coefficient (Wildman–Crippen LogP) is 1.37. The molecule has 1 rings (SSSR count).